The highest BCUT2D eigenvalue weighted by atomic mass is 35.5. The SMILES string of the molecule is Cc1cccc(C)c1N1CCN(C(=O)NCCc2cccc(Cl)c2)CC1. The van der Waals surface area contributed by atoms with E-state index in [2.05, 4.69) is 42.3 Å². The fourth-order valence-electron chi connectivity index (χ4n) is 3.56. The van der Waals surface area contributed by atoms with Crippen molar-refractivity contribution in [3.8, 4) is 0 Å². The molecule has 1 aliphatic rings. The van der Waals surface area contributed by atoms with E-state index in [1.165, 1.54) is 16.8 Å². The molecule has 0 saturated carbocycles. The molecule has 2 aromatic carbocycles. The predicted molar refractivity (Wildman–Crippen MR) is 108 cm³/mol. The molecular weight excluding hydrogens is 346 g/mol. The Hall–Kier alpha value is -2.20. The first-order valence-electron chi connectivity index (χ1n) is 9.13. The summed E-state index contributed by atoms with van der Waals surface area (Å²) in [5.41, 5.74) is 5.04. The van der Waals surface area contributed by atoms with Gasteiger partial charge in [0.1, 0.15) is 0 Å². The molecule has 26 heavy (non-hydrogen) atoms. The van der Waals surface area contributed by atoms with Gasteiger partial charge in [0.05, 0.1) is 0 Å². The van der Waals surface area contributed by atoms with Crippen molar-refractivity contribution in [2.45, 2.75) is 20.3 Å². The summed E-state index contributed by atoms with van der Waals surface area (Å²) >= 11 is 5.99. The number of rotatable bonds is 4. The van der Waals surface area contributed by atoms with E-state index in [1.54, 1.807) is 0 Å². The summed E-state index contributed by atoms with van der Waals surface area (Å²) in [6.07, 6.45) is 0.786. The number of nitrogens with zero attached hydrogens (tertiary/aromatic N) is 2. The van der Waals surface area contributed by atoms with Crippen molar-refractivity contribution in [3.63, 3.8) is 0 Å². The molecule has 138 valence electrons. The van der Waals surface area contributed by atoms with Gasteiger partial charge in [-0.05, 0) is 49.1 Å². The van der Waals surface area contributed by atoms with E-state index < -0.39 is 0 Å². The van der Waals surface area contributed by atoms with Crippen LogP contribution in [0.2, 0.25) is 5.02 Å². The van der Waals surface area contributed by atoms with Gasteiger partial charge in [0.15, 0.2) is 0 Å². The first kappa shape index (κ1) is 18.6. The predicted octanol–water partition coefficient (Wildman–Crippen LogP) is 4.03. The van der Waals surface area contributed by atoms with Crippen molar-refractivity contribution in [3.05, 3.63) is 64.2 Å². The van der Waals surface area contributed by atoms with E-state index in [1.807, 2.05) is 29.2 Å². The van der Waals surface area contributed by atoms with Crippen LogP contribution in [0.3, 0.4) is 0 Å². The molecule has 0 unspecified atom stereocenters. The molecule has 4 nitrogen and oxygen atoms in total. The smallest absolute Gasteiger partial charge is 0.317 e. The fraction of sp³-hybridized carbons (Fsp3) is 0.381. The molecule has 0 radical (unpaired) electrons. The number of piperazine rings is 1. The van der Waals surface area contributed by atoms with Gasteiger partial charge in [-0.25, -0.2) is 4.79 Å². The number of para-hydroxylation sites is 1. The van der Waals surface area contributed by atoms with Gasteiger partial charge in [0.25, 0.3) is 0 Å². The number of urea groups is 1. The lowest BCUT2D eigenvalue weighted by molar-refractivity contribution is 0.194. The topological polar surface area (TPSA) is 35.6 Å². The third-order valence-electron chi connectivity index (χ3n) is 4.90. The highest BCUT2D eigenvalue weighted by Gasteiger charge is 2.22. The van der Waals surface area contributed by atoms with Gasteiger partial charge >= 0.3 is 6.03 Å². The minimum atomic E-state index is 0.0215. The van der Waals surface area contributed by atoms with Crippen LogP contribution >= 0.6 is 11.6 Å². The van der Waals surface area contributed by atoms with Crippen molar-refractivity contribution in [1.29, 1.82) is 0 Å². The van der Waals surface area contributed by atoms with Gasteiger partial charge in [-0.1, -0.05) is 41.9 Å². The van der Waals surface area contributed by atoms with Crippen LogP contribution in [0, 0.1) is 13.8 Å². The maximum absolute atomic E-state index is 12.4. The molecule has 1 saturated heterocycles. The normalized spacial score (nSPS) is 14.4. The van der Waals surface area contributed by atoms with Crippen molar-refractivity contribution < 1.29 is 4.79 Å². The van der Waals surface area contributed by atoms with Gasteiger partial charge in [-0.15, -0.1) is 0 Å². The summed E-state index contributed by atoms with van der Waals surface area (Å²) in [6, 6.07) is 14.2. The second-order valence-electron chi connectivity index (χ2n) is 6.83. The molecule has 0 spiro atoms. The standard InChI is InChI=1S/C21H26ClN3O/c1-16-5-3-6-17(2)20(16)24-11-13-25(14-12-24)21(26)23-10-9-18-7-4-8-19(22)15-18/h3-8,15H,9-14H2,1-2H3,(H,23,26). The van der Waals surface area contributed by atoms with E-state index in [0.29, 0.717) is 6.54 Å². The summed E-state index contributed by atoms with van der Waals surface area (Å²) in [7, 11) is 0. The van der Waals surface area contributed by atoms with Gasteiger partial charge in [-0.3, -0.25) is 0 Å². The number of hydrogen-bond acceptors (Lipinski definition) is 2. The maximum atomic E-state index is 12.4. The Kier molecular flexibility index (Phi) is 6.04. The Labute approximate surface area is 160 Å². The first-order valence-corrected chi connectivity index (χ1v) is 9.51. The lowest BCUT2D eigenvalue weighted by Gasteiger charge is -2.37. The number of amides is 2. The number of aryl methyl sites for hydroxylation is 2. The molecule has 2 aromatic rings. The van der Waals surface area contributed by atoms with E-state index in [0.717, 1.165) is 43.2 Å². The molecule has 0 bridgehead atoms. The van der Waals surface area contributed by atoms with Gasteiger partial charge < -0.3 is 15.1 Å². The molecule has 1 aliphatic heterocycles. The second kappa shape index (κ2) is 8.45. The van der Waals surface area contributed by atoms with Crippen molar-refractivity contribution in [2.75, 3.05) is 37.6 Å². The second-order valence-corrected chi connectivity index (χ2v) is 7.26. The average Bonchev–Trinajstić information content (AvgIpc) is 2.62. The summed E-state index contributed by atoms with van der Waals surface area (Å²) in [5.74, 6) is 0. The lowest BCUT2D eigenvalue weighted by Crippen LogP contribution is -2.52. The van der Waals surface area contributed by atoms with Crippen LogP contribution in [0.25, 0.3) is 0 Å². The molecule has 5 heteroatoms. The van der Waals surface area contributed by atoms with E-state index in [9.17, 15) is 4.79 Å². The number of benzene rings is 2. The molecule has 1 fully saturated rings. The molecule has 0 aromatic heterocycles. The Bertz CT molecular complexity index is 749. The number of hydrogen-bond donors (Lipinski definition) is 1. The first-order chi connectivity index (χ1) is 12.5. The summed E-state index contributed by atoms with van der Waals surface area (Å²) in [6.45, 7) is 8.15. The van der Waals surface area contributed by atoms with Gasteiger partial charge in [0.2, 0.25) is 0 Å². The summed E-state index contributed by atoms with van der Waals surface area (Å²) in [4.78, 5) is 16.7. The third kappa shape index (κ3) is 4.50. The summed E-state index contributed by atoms with van der Waals surface area (Å²) < 4.78 is 0. The number of nitrogens with one attached hydrogen (secondary N) is 1. The Morgan fingerprint density at radius 2 is 1.69 bits per heavy atom. The van der Waals surface area contributed by atoms with Crippen LogP contribution < -0.4 is 10.2 Å². The molecule has 0 atom stereocenters. The van der Waals surface area contributed by atoms with Crippen molar-refractivity contribution in [1.82, 2.24) is 10.2 Å². The van der Waals surface area contributed by atoms with Crippen LogP contribution in [0.15, 0.2) is 42.5 Å². The molecule has 1 N–H and O–H groups in total. The Morgan fingerprint density at radius 1 is 1.04 bits per heavy atom. The molecular formula is C21H26ClN3O. The largest absolute Gasteiger partial charge is 0.368 e. The number of carbonyl (C=O) groups excluding carboxylic acids is 1. The zero-order chi connectivity index (χ0) is 18.5. The quantitative estimate of drug-likeness (QED) is 0.880. The lowest BCUT2D eigenvalue weighted by atomic mass is 10.1. The Morgan fingerprint density at radius 3 is 2.35 bits per heavy atom. The summed E-state index contributed by atoms with van der Waals surface area (Å²) in [5, 5.41) is 3.76. The van der Waals surface area contributed by atoms with Crippen LogP contribution in [0.5, 0.6) is 0 Å². The van der Waals surface area contributed by atoms with E-state index in [-0.39, 0.29) is 6.03 Å². The van der Waals surface area contributed by atoms with Crippen LogP contribution in [-0.4, -0.2) is 43.7 Å². The van der Waals surface area contributed by atoms with E-state index in [4.69, 9.17) is 11.6 Å². The minimum Gasteiger partial charge on any atom is -0.368 e. The highest BCUT2D eigenvalue weighted by Crippen LogP contribution is 2.25. The van der Waals surface area contributed by atoms with Gasteiger partial charge in [-0.2, -0.15) is 0 Å². The number of anilines is 1. The maximum Gasteiger partial charge on any atom is 0.317 e. The molecule has 2 amide bonds. The van der Waals surface area contributed by atoms with Crippen LogP contribution in [0.1, 0.15) is 16.7 Å². The fourth-order valence-corrected chi connectivity index (χ4v) is 3.77. The average molecular weight is 372 g/mol. The minimum absolute atomic E-state index is 0.0215. The zero-order valence-corrected chi connectivity index (χ0v) is 16.2. The molecule has 3 rings (SSSR count). The molecule has 1 heterocycles. The highest BCUT2D eigenvalue weighted by molar-refractivity contribution is 6.30. The van der Waals surface area contributed by atoms with Gasteiger partial charge in [0, 0.05) is 43.4 Å². The number of halogens is 1. The third-order valence-corrected chi connectivity index (χ3v) is 5.14. The monoisotopic (exact) mass is 371 g/mol. The molecule has 0 aliphatic carbocycles. The van der Waals surface area contributed by atoms with E-state index >= 15 is 0 Å². The van der Waals surface area contributed by atoms with Crippen LogP contribution in [0.4, 0.5) is 10.5 Å². The Balaban J connectivity index is 1.48. The van der Waals surface area contributed by atoms with Crippen LogP contribution in [-0.2, 0) is 6.42 Å². The van der Waals surface area contributed by atoms with Crippen molar-refractivity contribution >= 4 is 23.3 Å². The number of carbonyl (C=O) groups is 1. The van der Waals surface area contributed by atoms with Crippen molar-refractivity contribution in [2.24, 2.45) is 0 Å². The zero-order valence-electron chi connectivity index (χ0n) is 15.5.